The van der Waals surface area contributed by atoms with Crippen molar-refractivity contribution in [2.75, 3.05) is 0 Å². The number of nitrogens with one attached hydrogen (secondary N) is 1. The summed E-state index contributed by atoms with van der Waals surface area (Å²) in [6.45, 7) is 2.11. The fraction of sp³-hybridized carbons (Fsp3) is 0.118. The topological polar surface area (TPSA) is 50.9 Å². The maximum atomic E-state index is 5.87. The van der Waals surface area contributed by atoms with Crippen molar-refractivity contribution in [1.82, 2.24) is 10.4 Å². The summed E-state index contributed by atoms with van der Waals surface area (Å²) in [6, 6.07) is 16.4. The number of aryl methyl sites for hydroxylation is 1. The van der Waals surface area contributed by atoms with Crippen LogP contribution in [-0.2, 0) is 0 Å². The van der Waals surface area contributed by atoms with Gasteiger partial charge in [-0.1, -0.05) is 42.5 Å². The van der Waals surface area contributed by atoms with Gasteiger partial charge in [0.2, 0.25) is 0 Å². The lowest BCUT2D eigenvalue weighted by Gasteiger charge is -2.20. The van der Waals surface area contributed by atoms with E-state index in [9.17, 15) is 0 Å². The predicted octanol–water partition coefficient (Wildman–Crippen LogP) is 3.70. The molecule has 0 bridgehead atoms. The first-order valence-corrected chi connectivity index (χ1v) is 7.85. The molecule has 0 fully saturated rings. The molecule has 106 valence electrons. The number of nitrogens with zero attached hydrogens (tertiary/aromatic N) is 1. The van der Waals surface area contributed by atoms with Gasteiger partial charge in [0.25, 0.3) is 0 Å². The molecule has 0 amide bonds. The van der Waals surface area contributed by atoms with Crippen LogP contribution in [0.3, 0.4) is 0 Å². The number of pyridine rings is 1. The van der Waals surface area contributed by atoms with Gasteiger partial charge in [-0.25, -0.2) is 5.43 Å². The molecule has 1 atom stereocenters. The Balaban J connectivity index is 2.21. The van der Waals surface area contributed by atoms with E-state index in [1.807, 2.05) is 18.3 Å². The van der Waals surface area contributed by atoms with Crippen molar-refractivity contribution in [1.29, 1.82) is 0 Å². The van der Waals surface area contributed by atoms with Gasteiger partial charge in [0.15, 0.2) is 0 Å². The van der Waals surface area contributed by atoms with Crippen molar-refractivity contribution < 1.29 is 0 Å². The van der Waals surface area contributed by atoms with E-state index in [-0.39, 0.29) is 6.04 Å². The van der Waals surface area contributed by atoms with Crippen LogP contribution < -0.4 is 11.3 Å². The lowest BCUT2D eigenvalue weighted by atomic mass is 9.96. The first kappa shape index (κ1) is 14.4. The average molecular weight is 389 g/mol. The fourth-order valence-corrected chi connectivity index (χ4v) is 3.27. The van der Waals surface area contributed by atoms with Crippen LogP contribution in [-0.4, -0.2) is 4.98 Å². The molecule has 3 N–H and O–H groups in total. The van der Waals surface area contributed by atoms with Crippen molar-refractivity contribution >= 4 is 33.5 Å². The summed E-state index contributed by atoms with van der Waals surface area (Å²) in [5.41, 5.74) is 7.46. The molecule has 21 heavy (non-hydrogen) atoms. The molecule has 0 saturated carbocycles. The van der Waals surface area contributed by atoms with Gasteiger partial charge in [0, 0.05) is 20.7 Å². The molecule has 0 spiro atoms. The van der Waals surface area contributed by atoms with E-state index in [0.29, 0.717) is 0 Å². The van der Waals surface area contributed by atoms with Crippen LogP contribution in [0.2, 0.25) is 0 Å². The number of hydrogen-bond acceptors (Lipinski definition) is 3. The summed E-state index contributed by atoms with van der Waals surface area (Å²) < 4.78 is 1.23. The normalized spacial score (nSPS) is 12.5. The lowest BCUT2D eigenvalue weighted by molar-refractivity contribution is 0.637. The number of benzene rings is 2. The Kier molecular flexibility index (Phi) is 4.19. The fourth-order valence-electron chi connectivity index (χ4n) is 2.60. The van der Waals surface area contributed by atoms with Gasteiger partial charge in [-0.2, -0.15) is 0 Å². The Labute approximate surface area is 137 Å². The van der Waals surface area contributed by atoms with Crippen LogP contribution in [0.4, 0.5) is 0 Å². The monoisotopic (exact) mass is 389 g/mol. The van der Waals surface area contributed by atoms with Gasteiger partial charge in [0.1, 0.15) is 0 Å². The van der Waals surface area contributed by atoms with E-state index in [0.717, 1.165) is 16.5 Å². The maximum Gasteiger partial charge on any atom is 0.0753 e. The molecule has 3 aromatic rings. The third-order valence-corrected chi connectivity index (χ3v) is 5.15. The molecule has 0 aliphatic heterocycles. The Hall–Kier alpha value is -1.50. The number of aromatic nitrogens is 1. The molecule has 2 aromatic carbocycles. The second-order valence-corrected chi connectivity index (χ2v) is 6.08. The molecule has 0 aliphatic rings. The van der Waals surface area contributed by atoms with Crippen LogP contribution >= 0.6 is 22.6 Å². The lowest BCUT2D eigenvalue weighted by Crippen LogP contribution is -2.29. The van der Waals surface area contributed by atoms with Gasteiger partial charge in [-0.15, -0.1) is 0 Å². The van der Waals surface area contributed by atoms with Crippen LogP contribution in [0.25, 0.3) is 10.9 Å². The average Bonchev–Trinajstić information content (AvgIpc) is 2.52. The number of fused-ring (bicyclic) bond motifs is 1. The minimum atomic E-state index is -0.0737. The van der Waals surface area contributed by atoms with Crippen LogP contribution in [0, 0.1) is 10.5 Å². The largest absolute Gasteiger partial charge is 0.271 e. The second kappa shape index (κ2) is 6.09. The standard InChI is InChI=1S/C17H16IN3/c1-11-5-2-8-13(15(11)18)17(21-19)14-9-3-6-12-7-4-10-20-16(12)14/h2-10,17,21H,19H2,1H3. The van der Waals surface area contributed by atoms with E-state index >= 15 is 0 Å². The van der Waals surface area contributed by atoms with E-state index in [2.05, 4.69) is 76.3 Å². The first-order valence-electron chi connectivity index (χ1n) is 6.77. The van der Waals surface area contributed by atoms with Gasteiger partial charge in [-0.05, 0) is 46.7 Å². The van der Waals surface area contributed by atoms with E-state index in [1.165, 1.54) is 14.7 Å². The van der Waals surface area contributed by atoms with Crippen molar-refractivity contribution in [2.24, 2.45) is 5.84 Å². The summed E-state index contributed by atoms with van der Waals surface area (Å²) in [7, 11) is 0. The zero-order chi connectivity index (χ0) is 14.8. The van der Waals surface area contributed by atoms with Crippen molar-refractivity contribution in [3.05, 3.63) is 75.0 Å². The smallest absolute Gasteiger partial charge is 0.0753 e. The molecule has 4 heteroatoms. The highest BCUT2D eigenvalue weighted by Gasteiger charge is 2.18. The number of hydrogen-bond donors (Lipinski definition) is 2. The van der Waals surface area contributed by atoms with E-state index < -0.39 is 0 Å². The van der Waals surface area contributed by atoms with Gasteiger partial charge < -0.3 is 0 Å². The van der Waals surface area contributed by atoms with Crippen molar-refractivity contribution in [2.45, 2.75) is 13.0 Å². The first-order chi connectivity index (χ1) is 10.2. The molecule has 0 radical (unpaired) electrons. The Morgan fingerprint density at radius 1 is 1.05 bits per heavy atom. The summed E-state index contributed by atoms with van der Waals surface area (Å²) in [5.74, 6) is 5.87. The van der Waals surface area contributed by atoms with Crippen LogP contribution in [0.1, 0.15) is 22.7 Å². The predicted molar refractivity (Wildman–Crippen MR) is 94.8 cm³/mol. The molecule has 0 saturated heterocycles. The number of nitrogens with two attached hydrogens (primary N) is 1. The third-order valence-electron chi connectivity index (χ3n) is 3.67. The van der Waals surface area contributed by atoms with Gasteiger partial charge >= 0.3 is 0 Å². The molecule has 3 nitrogen and oxygen atoms in total. The summed E-state index contributed by atoms with van der Waals surface area (Å²) in [6.07, 6.45) is 1.82. The zero-order valence-electron chi connectivity index (χ0n) is 11.7. The highest BCUT2D eigenvalue weighted by atomic mass is 127. The maximum absolute atomic E-state index is 5.87. The molecular weight excluding hydrogens is 373 g/mol. The minimum absolute atomic E-state index is 0.0737. The minimum Gasteiger partial charge on any atom is -0.271 e. The highest BCUT2D eigenvalue weighted by molar-refractivity contribution is 14.1. The van der Waals surface area contributed by atoms with E-state index in [4.69, 9.17) is 5.84 Å². The van der Waals surface area contributed by atoms with Crippen molar-refractivity contribution in [3.63, 3.8) is 0 Å². The van der Waals surface area contributed by atoms with Crippen LogP contribution in [0.5, 0.6) is 0 Å². The molecule has 1 aromatic heterocycles. The molecule has 1 heterocycles. The summed E-state index contributed by atoms with van der Waals surface area (Å²) >= 11 is 2.38. The number of para-hydroxylation sites is 1. The number of hydrazine groups is 1. The Morgan fingerprint density at radius 2 is 1.76 bits per heavy atom. The Bertz CT molecular complexity index is 781. The molecule has 0 aliphatic carbocycles. The van der Waals surface area contributed by atoms with Gasteiger partial charge in [0.05, 0.1) is 11.6 Å². The van der Waals surface area contributed by atoms with E-state index in [1.54, 1.807) is 0 Å². The highest BCUT2D eigenvalue weighted by Crippen LogP contribution is 2.31. The Morgan fingerprint density at radius 3 is 2.57 bits per heavy atom. The number of halogens is 1. The quantitative estimate of drug-likeness (QED) is 0.408. The number of rotatable bonds is 3. The second-order valence-electron chi connectivity index (χ2n) is 5.00. The van der Waals surface area contributed by atoms with Crippen LogP contribution in [0.15, 0.2) is 54.7 Å². The van der Waals surface area contributed by atoms with Gasteiger partial charge in [-0.3, -0.25) is 10.8 Å². The van der Waals surface area contributed by atoms with Crippen molar-refractivity contribution in [3.8, 4) is 0 Å². The molecule has 3 rings (SSSR count). The molecule has 1 unspecified atom stereocenters. The summed E-state index contributed by atoms with van der Waals surface area (Å²) in [5, 5.41) is 1.12. The summed E-state index contributed by atoms with van der Waals surface area (Å²) in [4.78, 5) is 4.53. The SMILES string of the molecule is Cc1cccc(C(NN)c2cccc3cccnc23)c1I. The third kappa shape index (κ3) is 2.66. The zero-order valence-corrected chi connectivity index (χ0v) is 13.8. The molecular formula is C17H16IN3.